The van der Waals surface area contributed by atoms with Crippen molar-refractivity contribution in [1.29, 1.82) is 0 Å². The van der Waals surface area contributed by atoms with Crippen LogP contribution in [0, 0.1) is 0 Å². The van der Waals surface area contributed by atoms with Crippen LogP contribution < -0.4 is 38.7 Å². The van der Waals surface area contributed by atoms with Crippen LogP contribution in [0.5, 0.6) is 5.75 Å². The minimum Gasteiger partial charge on any atom is -1.00 e. The Morgan fingerprint density at radius 1 is 1.21 bits per heavy atom. The highest BCUT2D eigenvalue weighted by molar-refractivity contribution is 5.87. The monoisotopic (exact) mass is 369 g/mol. The molecule has 0 aliphatic heterocycles. The molecule has 0 saturated carbocycles. The maximum Gasteiger partial charge on any atom is 0.384 e. The van der Waals surface area contributed by atoms with Crippen molar-refractivity contribution in [2.45, 2.75) is 0 Å². The van der Waals surface area contributed by atoms with E-state index in [1.165, 1.54) is 0 Å². The Morgan fingerprint density at radius 3 is 2.74 bits per heavy atom. The van der Waals surface area contributed by atoms with Gasteiger partial charge in [0, 0.05) is 6.07 Å². The lowest BCUT2D eigenvalue weighted by molar-refractivity contribution is -0.651. The smallest absolute Gasteiger partial charge is 0.384 e. The molecule has 0 bridgehead atoms. The van der Waals surface area contributed by atoms with Crippen LogP contribution in [0.15, 0.2) is 45.7 Å². The molecule has 5 heteroatoms. The van der Waals surface area contributed by atoms with E-state index in [0.717, 1.165) is 0 Å². The second kappa shape index (κ2) is 5.16. The number of ether oxygens (including phenoxy) is 1. The number of aryl methyl sites for hydroxylation is 1. The number of rotatable bonds is 1. The molecule has 0 saturated heterocycles. The number of hydrogen-bond acceptors (Lipinski definition) is 3. The highest BCUT2D eigenvalue weighted by Gasteiger charge is 2.14. The van der Waals surface area contributed by atoms with Crippen molar-refractivity contribution in [1.82, 2.24) is 0 Å². The van der Waals surface area contributed by atoms with Crippen LogP contribution >= 0.6 is 0 Å². The number of hydrogen-bond donors (Lipinski definition) is 0. The molecule has 98 valence electrons. The lowest BCUT2D eigenvalue weighted by Gasteiger charge is -2.02. The zero-order valence-corrected chi connectivity index (χ0v) is 12.7. The predicted octanol–water partition coefficient (Wildman–Crippen LogP) is -1.22. The average molecular weight is 369 g/mol. The van der Waals surface area contributed by atoms with Gasteiger partial charge in [-0.25, -0.2) is 0 Å². The molecule has 0 fully saturated rings. The molecule has 0 aliphatic carbocycles. The van der Waals surface area contributed by atoms with E-state index < -0.39 is 0 Å². The lowest BCUT2D eigenvalue weighted by atomic mass is 10.2. The van der Waals surface area contributed by atoms with Gasteiger partial charge in [-0.1, -0.05) is 0 Å². The maximum absolute atomic E-state index is 12.4. The quantitative estimate of drug-likeness (QED) is 0.307. The third-order valence-electron chi connectivity index (χ3n) is 3.01. The lowest BCUT2D eigenvalue weighted by Crippen LogP contribution is -3.00. The van der Waals surface area contributed by atoms with Crippen LogP contribution in [0.25, 0.3) is 22.1 Å². The Kier molecular flexibility index (Phi) is 3.75. The number of halogens is 1. The van der Waals surface area contributed by atoms with Gasteiger partial charge < -0.3 is 33.1 Å². The molecule has 0 radical (unpaired) electrons. The van der Waals surface area contributed by atoms with Gasteiger partial charge in [-0.2, -0.15) is 4.57 Å². The first-order valence-electron chi connectivity index (χ1n) is 5.60. The van der Waals surface area contributed by atoms with Gasteiger partial charge in [0.15, 0.2) is 6.20 Å². The van der Waals surface area contributed by atoms with Gasteiger partial charge in [0.25, 0.3) is 0 Å². The zero-order chi connectivity index (χ0) is 12.7. The summed E-state index contributed by atoms with van der Waals surface area (Å²) in [6, 6.07) is 8.82. The van der Waals surface area contributed by atoms with Gasteiger partial charge in [-0.15, -0.1) is 0 Å². The number of fused-ring (bicyclic) bond motifs is 2. The predicted molar refractivity (Wildman–Crippen MR) is 67.7 cm³/mol. The molecule has 0 amide bonds. The molecule has 0 unspecified atom stereocenters. The highest BCUT2D eigenvalue weighted by atomic mass is 127. The first-order valence-corrected chi connectivity index (χ1v) is 5.60. The van der Waals surface area contributed by atoms with Crippen LogP contribution in [0.3, 0.4) is 0 Å². The Bertz CT molecular complexity index is 811. The summed E-state index contributed by atoms with van der Waals surface area (Å²) in [6.45, 7) is 0. The van der Waals surface area contributed by atoms with E-state index in [4.69, 9.17) is 9.15 Å². The number of aromatic nitrogens is 1. The Hall–Kier alpha value is -1.63. The van der Waals surface area contributed by atoms with Gasteiger partial charge in [0.2, 0.25) is 5.43 Å². The molecule has 0 atom stereocenters. The number of pyridine rings is 1. The van der Waals surface area contributed by atoms with Gasteiger partial charge >= 0.3 is 5.71 Å². The second-order valence-corrected chi connectivity index (χ2v) is 4.13. The SMILES string of the molecule is COc1ccc2oc3c(ccc[n+]3C)c(=O)c2c1.[I-]. The van der Waals surface area contributed by atoms with E-state index >= 15 is 0 Å². The van der Waals surface area contributed by atoms with Crippen LogP contribution in [0.2, 0.25) is 0 Å². The molecule has 3 rings (SSSR count). The highest BCUT2D eigenvalue weighted by Crippen LogP contribution is 2.20. The van der Waals surface area contributed by atoms with Crippen molar-refractivity contribution in [3.05, 3.63) is 46.8 Å². The van der Waals surface area contributed by atoms with Crippen LogP contribution in [-0.2, 0) is 7.05 Å². The molecular formula is C14H12INO3. The molecule has 2 aromatic heterocycles. The molecule has 2 heterocycles. The Labute approximate surface area is 126 Å². The van der Waals surface area contributed by atoms with Crippen LogP contribution in [0.4, 0.5) is 0 Å². The van der Waals surface area contributed by atoms with E-state index in [0.29, 0.717) is 27.8 Å². The van der Waals surface area contributed by atoms with Crippen LogP contribution in [-0.4, -0.2) is 7.11 Å². The summed E-state index contributed by atoms with van der Waals surface area (Å²) in [5.74, 6) is 0.648. The van der Waals surface area contributed by atoms with E-state index in [1.807, 2.05) is 19.3 Å². The topological polar surface area (TPSA) is 43.3 Å². The molecule has 0 N–H and O–H groups in total. The standard InChI is InChI=1S/C14H12NO3.HI/c1-15-7-3-4-10-13(16)11-8-9(17-2)5-6-12(11)18-14(10)15;/h3-8H,1-2H3;1H/q+1;/p-1. The van der Waals surface area contributed by atoms with Gasteiger partial charge in [0.1, 0.15) is 23.8 Å². The van der Waals surface area contributed by atoms with E-state index in [-0.39, 0.29) is 29.4 Å². The summed E-state index contributed by atoms with van der Waals surface area (Å²) in [7, 11) is 3.42. The molecule has 19 heavy (non-hydrogen) atoms. The molecule has 3 aromatic rings. The third kappa shape index (κ3) is 2.18. The largest absolute Gasteiger partial charge is 1.00 e. The minimum atomic E-state index is -0.0404. The fourth-order valence-corrected chi connectivity index (χ4v) is 2.05. The number of methoxy groups -OCH3 is 1. The summed E-state index contributed by atoms with van der Waals surface area (Å²) in [4.78, 5) is 12.4. The first-order chi connectivity index (χ1) is 8.70. The zero-order valence-electron chi connectivity index (χ0n) is 10.5. The fourth-order valence-electron chi connectivity index (χ4n) is 2.05. The van der Waals surface area contributed by atoms with Gasteiger partial charge in [-0.3, -0.25) is 4.79 Å². The normalized spacial score (nSPS) is 10.4. The van der Waals surface area contributed by atoms with E-state index in [9.17, 15) is 4.79 Å². The van der Waals surface area contributed by atoms with Gasteiger partial charge in [0.05, 0.1) is 12.5 Å². The second-order valence-electron chi connectivity index (χ2n) is 4.13. The third-order valence-corrected chi connectivity index (χ3v) is 3.01. The fraction of sp³-hybridized carbons (Fsp3) is 0.143. The van der Waals surface area contributed by atoms with Crippen molar-refractivity contribution in [2.75, 3.05) is 7.11 Å². The number of nitrogens with zero attached hydrogens (tertiary/aromatic N) is 1. The summed E-state index contributed by atoms with van der Waals surface area (Å²) >= 11 is 0. The van der Waals surface area contributed by atoms with Crippen LogP contribution in [0.1, 0.15) is 0 Å². The van der Waals surface area contributed by atoms with Crippen molar-refractivity contribution in [2.24, 2.45) is 7.05 Å². The number of benzene rings is 1. The van der Waals surface area contributed by atoms with Crippen molar-refractivity contribution in [3.8, 4) is 5.75 Å². The molecular weight excluding hydrogens is 357 g/mol. The Balaban J connectivity index is 0.00000133. The summed E-state index contributed by atoms with van der Waals surface area (Å²) in [5, 5.41) is 1.11. The first kappa shape index (κ1) is 13.8. The molecule has 4 nitrogen and oxygen atoms in total. The average Bonchev–Trinajstić information content (AvgIpc) is 2.40. The maximum atomic E-state index is 12.4. The van der Waals surface area contributed by atoms with Crippen molar-refractivity contribution < 1.29 is 37.7 Å². The van der Waals surface area contributed by atoms with Gasteiger partial charge in [-0.05, 0) is 24.3 Å². The Morgan fingerprint density at radius 2 is 2.00 bits per heavy atom. The van der Waals surface area contributed by atoms with Crippen molar-refractivity contribution >= 4 is 22.1 Å². The van der Waals surface area contributed by atoms with E-state index in [2.05, 4.69) is 0 Å². The van der Waals surface area contributed by atoms with E-state index in [1.54, 1.807) is 35.9 Å². The minimum absolute atomic E-state index is 0. The summed E-state index contributed by atoms with van der Waals surface area (Å²) in [6.07, 6.45) is 1.85. The molecule has 0 spiro atoms. The van der Waals surface area contributed by atoms with Crippen molar-refractivity contribution in [3.63, 3.8) is 0 Å². The summed E-state index contributed by atoms with van der Waals surface area (Å²) < 4.78 is 12.7. The molecule has 0 aliphatic rings. The summed E-state index contributed by atoms with van der Waals surface area (Å²) in [5.41, 5.74) is 1.09. The molecule has 1 aromatic carbocycles.